The van der Waals surface area contributed by atoms with Crippen molar-refractivity contribution in [1.82, 2.24) is 0 Å². The smallest absolute Gasteiger partial charge is 0.312 e. The number of nitrogens with zero attached hydrogens (tertiary/aromatic N) is 1. The average molecular weight is 357 g/mol. The largest absolute Gasteiger partial charge is 0.504 e. The molecule has 0 aliphatic carbocycles. The SMILES string of the molecule is C[N+]#Cc1ccc(NC(=O)C(C)(C)C)c(O)c1S(=O)(=O)C(C)(C)F. The fraction of sp³-hybridized carbons (Fsp3) is 0.500. The second-order valence-corrected chi connectivity index (χ2v) is 9.13. The first-order valence-corrected chi connectivity index (χ1v) is 8.67. The Morgan fingerprint density at radius 2 is 1.79 bits per heavy atom. The van der Waals surface area contributed by atoms with Crippen molar-refractivity contribution < 1.29 is 22.7 Å². The Bertz CT molecular complexity index is 823. The summed E-state index contributed by atoms with van der Waals surface area (Å²) in [6, 6.07) is 5.02. The Morgan fingerprint density at radius 1 is 1.25 bits per heavy atom. The molecular formula is C16H22FN2O4S+. The van der Waals surface area contributed by atoms with Gasteiger partial charge in [-0.3, -0.25) is 4.79 Å². The fourth-order valence-electron chi connectivity index (χ4n) is 1.71. The number of amides is 1. The predicted octanol–water partition coefficient (Wildman–Crippen LogP) is 3.17. The van der Waals surface area contributed by atoms with E-state index in [9.17, 15) is 22.7 Å². The van der Waals surface area contributed by atoms with Gasteiger partial charge in [-0.1, -0.05) is 25.6 Å². The van der Waals surface area contributed by atoms with Crippen LogP contribution in [0, 0.1) is 11.5 Å². The lowest BCUT2D eigenvalue weighted by Crippen LogP contribution is -2.29. The number of hydrogen-bond donors (Lipinski definition) is 2. The zero-order valence-corrected chi connectivity index (χ0v) is 15.4. The zero-order valence-electron chi connectivity index (χ0n) is 14.6. The molecule has 1 rings (SSSR count). The maximum Gasteiger partial charge on any atom is 0.312 e. The van der Waals surface area contributed by atoms with Crippen molar-refractivity contribution in [1.29, 1.82) is 0 Å². The molecule has 1 amide bonds. The van der Waals surface area contributed by atoms with Crippen LogP contribution in [0.5, 0.6) is 5.75 Å². The van der Waals surface area contributed by atoms with E-state index in [1.165, 1.54) is 19.2 Å². The summed E-state index contributed by atoms with van der Waals surface area (Å²) in [7, 11) is -3.18. The summed E-state index contributed by atoms with van der Waals surface area (Å²) >= 11 is 0. The molecule has 1 aromatic carbocycles. The van der Waals surface area contributed by atoms with Crippen molar-refractivity contribution in [2.45, 2.75) is 44.5 Å². The summed E-state index contributed by atoms with van der Waals surface area (Å²) in [5.41, 5.74) is -0.977. The summed E-state index contributed by atoms with van der Waals surface area (Å²) in [5.74, 6) is -1.17. The number of rotatable bonds is 3. The van der Waals surface area contributed by atoms with Gasteiger partial charge in [0.05, 0.1) is 5.69 Å². The molecule has 2 N–H and O–H groups in total. The lowest BCUT2D eigenvalue weighted by molar-refractivity contribution is -0.123. The number of hydrogen-bond acceptors (Lipinski definition) is 4. The molecule has 6 nitrogen and oxygen atoms in total. The van der Waals surface area contributed by atoms with E-state index >= 15 is 0 Å². The molecule has 0 unspecified atom stereocenters. The lowest BCUT2D eigenvalue weighted by Gasteiger charge is -2.21. The molecule has 8 heteroatoms. The van der Waals surface area contributed by atoms with Gasteiger partial charge >= 0.3 is 6.07 Å². The van der Waals surface area contributed by atoms with E-state index in [4.69, 9.17) is 0 Å². The number of phenolic OH excluding ortho intramolecular Hbond substituents is 1. The monoisotopic (exact) mass is 357 g/mol. The highest BCUT2D eigenvalue weighted by molar-refractivity contribution is 7.92. The molecule has 0 fully saturated rings. The third-order valence-corrected chi connectivity index (χ3v) is 5.43. The first-order chi connectivity index (χ1) is 10.7. The molecule has 0 saturated heterocycles. The van der Waals surface area contributed by atoms with E-state index in [-0.39, 0.29) is 11.3 Å². The van der Waals surface area contributed by atoms with Gasteiger partial charge in [-0.2, -0.15) is 0 Å². The van der Waals surface area contributed by atoms with Gasteiger partial charge in [0.1, 0.15) is 10.5 Å². The minimum absolute atomic E-state index is 0.0884. The number of halogens is 1. The maximum atomic E-state index is 14.2. The fourth-order valence-corrected chi connectivity index (χ4v) is 2.96. The molecule has 0 radical (unpaired) electrons. The quantitative estimate of drug-likeness (QED) is 0.814. The van der Waals surface area contributed by atoms with Crippen LogP contribution in [0.25, 0.3) is 4.85 Å². The molecule has 0 spiro atoms. The molecule has 0 heterocycles. The standard InChI is InChI=1S/C16H21FN2O4S/c1-15(2,3)14(21)19-11-8-7-10(9-18-6)13(12(11)20)24(22,23)16(4,5)17/h7-8,20H,1-6H3/p+1. The van der Waals surface area contributed by atoms with Gasteiger partial charge in [-0.15, -0.1) is 0 Å². The number of sulfone groups is 1. The van der Waals surface area contributed by atoms with Gasteiger partial charge in [0.25, 0.3) is 7.05 Å². The topological polar surface area (TPSA) is 87.8 Å². The van der Waals surface area contributed by atoms with Crippen LogP contribution in [0.4, 0.5) is 10.1 Å². The van der Waals surface area contributed by atoms with Gasteiger partial charge in [-0.25, -0.2) is 12.8 Å². The highest BCUT2D eigenvalue weighted by atomic mass is 32.2. The third-order valence-electron chi connectivity index (χ3n) is 3.20. The number of benzene rings is 1. The van der Waals surface area contributed by atoms with Crippen LogP contribution < -0.4 is 5.32 Å². The second-order valence-electron chi connectivity index (χ2n) is 6.74. The molecule has 0 aliphatic rings. The minimum Gasteiger partial charge on any atom is -0.504 e. The molecule has 0 aromatic heterocycles. The number of alkyl halides is 1. The van der Waals surface area contributed by atoms with Crippen LogP contribution >= 0.6 is 0 Å². The number of carbonyl (C=O) groups excluding carboxylic acids is 1. The van der Waals surface area contributed by atoms with Crippen molar-refractivity contribution in [3.63, 3.8) is 0 Å². The predicted molar refractivity (Wildman–Crippen MR) is 90.8 cm³/mol. The van der Waals surface area contributed by atoms with E-state index in [1.54, 1.807) is 20.8 Å². The van der Waals surface area contributed by atoms with Crippen LogP contribution in [-0.2, 0) is 14.6 Å². The molecular weight excluding hydrogens is 335 g/mol. The summed E-state index contributed by atoms with van der Waals surface area (Å²) in [6.07, 6.45) is 0. The second kappa shape index (κ2) is 6.40. The van der Waals surface area contributed by atoms with Gasteiger partial charge in [0.2, 0.25) is 20.7 Å². The number of phenols is 1. The minimum atomic E-state index is -4.54. The maximum absolute atomic E-state index is 14.2. The van der Waals surface area contributed by atoms with E-state index in [2.05, 4.69) is 16.2 Å². The van der Waals surface area contributed by atoms with E-state index < -0.39 is 36.8 Å². The molecule has 0 bridgehead atoms. The van der Waals surface area contributed by atoms with Gasteiger partial charge < -0.3 is 10.4 Å². The Hall–Kier alpha value is -2.14. The van der Waals surface area contributed by atoms with E-state index in [1.807, 2.05) is 0 Å². The molecule has 132 valence electrons. The van der Waals surface area contributed by atoms with E-state index in [0.29, 0.717) is 0 Å². The van der Waals surface area contributed by atoms with Crippen LogP contribution in [0.15, 0.2) is 17.0 Å². The molecule has 24 heavy (non-hydrogen) atoms. The molecule has 1 aromatic rings. The highest BCUT2D eigenvalue weighted by Crippen LogP contribution is 2.39. The van der Waals surface area contributed by atoms with Crippen LogP contribution in [-0.4, -0.2) is 31.5 Å². The van der Waals surface area contributed by atoms with Crippen molar-refractivity contribution in [2.75, 3.05) is 12.4 Å². The Balaban J connectivity index is 3.65. The normalized spacial score (nSPS) is 12.3. The summed E-state index contributed by atoms with van der Waals surface area (Å²) in [4.78, 5) is 15.0. The summed E-state index contributed by atoms with van der Waals surface area (Å²) in [6.45, 7) is 6.72. The third kappa shape index (κ3) is 3.85. The first kappa shape index (κ1) is 19.9. The number of nitrogens with one attached hydrogen (secondary N) is 1. The van der Waals surface area contributed by atoms with E-state index in [0.717, 1.165) is 13.8 Å². The Morgan fingerprint density at radius 3 is 2.21 bits per heavy atom. The van der Waals surface area contributed by atoms with Crippen LogP contribution in [0.1, 0.15) is 40.2 Å². The molecule has 0 saturated carbocycles. The Labute approximate surface area is 141 Å². The number of aromatic hydroxyl groups is 1. The van der Waals surface area contributed by atoms with Gasteiger partial charge in [-0.05, 0) is 26.0 Å². The van der Waals surface area contributed by atoms with Crippen molar-refractivity contribution in [3.05, 3.63) is 22.5 Å². The van der Waals surface area contributed by atoms with Crippen LogP contribution in [0.3, 0.4) is 0 Å². The lowest BCUT2D eigenvalue weighted by atomic mass is 9.95. The number of anilines is 1. The zero-order chi connectivity index (χ0) is 18.9. The molecule has 0 atom stereocenters. The summed E-state index contributed by atoms with van der Waals surface area (Å²) < 4.78 is 39.1. The van der Waals surface area contributed by atoms with Gasteiger partial charge in [0, 0.05) is 5.41 Å². The number of carbonyl (C=O) groups is 1. The van der Waals surface area contributed by atoms with Gasteiger partial charge in [0.15, 0.2) is 5.75 Å². The Kier molecular flexibility index (Phi) is 5.31. The molecule has 0 aliphatic heterocycles. The highest BCUT2D eigenvalue weighted by Gasteiger charge is 2.41. The van der Waals surface area contributed by atoms with Crippen molar-refractivity contribution in [2.24, 2.45) is 5.41 Å². The first-order valence-electron chi connectivity index (χ1n) is 7.19. The van der Waals surface area contributed by atoms with Crippen molar-refractivity contribution >= 4 is 21.4 Å². The van der Waals surface area contributed by atoms with Crippen LogP contribution in [0.2, 0.25) is 0 Å². The average Bonchev–Trinajstić information content (AvgIpc) is 2.39. The summed E-state index contributed by atoms with van der Waals surface area (Å²) in [5, 5.41) is 10.2. The van der Waals surface area contributed by atoms with Crippen molar-refractivity contribution in [3.8, 4) is 11.8 Å².